The lowest BCUT2D eigenvalue weighted by Crippen LogP contribution is -2.41. The fourth-order valence-corrected chi connectivity index (χ4v) is 3.33. The van der Waals surface area contributed by atoms with Gasteiger partial charge in [-0.2, -0.15) is 0 Å². The first-order valence-electron chi connectivity index (χ1n) is 9.80. The Balaban J connectivity index is 1.78. The number of amides is 2. The van der Waals surface area contributed by atoms with Crippen LogP contribution in [-0.4, -0.2) is 42.0 Å². The first-order chi connectivity index (χ1) is 12.0. The molecule has 4 heteroatoms. The lowest BCUT2D eigenvalue weighted by Gasteiger charge is -2.30. The van der Waals surface area contributed by atoms with Crippen molar-refractivity contribution >= 4 is 6.03 Å². The van der Waals surface area contributed by atoms with Crippen molar-refractivity contribution < 1.29 is 4.79 Å². The maximum absolute atomic E-state index is 12.2. The molecule has 0 bridgehead atoms. The van der Waals surface area contributed by atoms with E-state index in [9.17, 15) is 4.79 Å². The summed E-state index contributed by atoms with van der Waals surface area (Å²) in [6.45, 7) is 14.2. The van der Waals surface area contributed by atoms with Crippen LogP contribution in [0.25, 0.3) is 0 Å². The molecule has 1 heterocycles. The van der Waals surface area contributed by atoms with Crippen LogP contribution in [0.15, 0.2) is 24.3 Å². The van der Waals surface area contributed by atoms with Gasteiger partial charge in [0.25, 0.3) is 0 Å². The van der Waals surface area contributed by atoms with E-state index in [-0.39, 0.29) is 6.03 Å². The van der Waals surface area contributed by atoms with Gasteiger partial charge in [-0.3, -0.25) is 4.90 Å². The number of nitrogens with one attached hydrogen (secondary N) is 1. The van der Waals surface area contributed by atoms with Crippen LogP contribution in [0.5, 0.6) is 0 Å². The average molecular weight is 346 g/mol. The summed E-state index contributed by atoms with van der Waals surface area (Å²) >= 11 is 0. The molecule has 0 radical (unpaired) electrons. The number of urea groups is 1. The summed E-state index contributed by atoms with van der Waals surface area (Å²) in [5.41, 5.74) is 2.52. The van der Waals surface area contributed by atoms with Gasteiger partial charge >= 0.3 is 6.03 Å². The molecule has 0 unspecified atom stereocenters. The summed E-state index contributed by atoms with van der Waals surface area (Å²) in [4.78, 5) is 16.7. The van der Waals surface area contributed by atoms with Crippen LogP contribution in [-0.2, 0) is 13.1 Å². The zero-order chi connectivity index (χ0) is 18.2. The van der Waals surface area contributed by atoms with E-state index in [4.69, 9.17) is 0 Å². The van der Waals surface area contributed by atoms with E-state index < -0.39 is 0 Å². The van der Waals surface area contributed by atoms with Crippen LogP contribution >= 0.6 is 0 Å². The summed E-state index contributed by atoms with van der Waals surface area (Å²) in [6, 6.07) is 8.71. The number of rotatable bonds is 7. The highest BCUT2D eigenvalue weighted by atomic mass is 16.2. The van der Waals surface area contributed by atoms with Gasteiger partial charge in [-0.15, -0.1) is 0 Å². The first kappa shape index (κ1) is 19.8. The summed E-state index contributed by atoms with van der Waals surface area (Å²) in [5.74, 6) is 1.36. The molecule has 0 aliphatic carbocycles. The topological polar surface area (TPSA) is 35.6 Å². The lowest BCUT2D eigenvalue weighted by molar-refractivity contribution is 0.185. The highest BCUT2D eigenvalue weighted by molar-refractivity contribution is 5.74. The van der Waals surface area contributed by atoms with Crippen LogP contribution in [0, 0.1) is 11.8 Å². The largest absolute Gasteiger partial charge is 0.334 e. The second-order valence-electron chi connectivity index (χ2n) is 7.87. The van der Waals surface area contributed by atoms with E-state index >= 15 is 0 Å². The Labute approximate surface area is 153 Å². The third-order valence-corrected chi connectivity index (χ3v) is 5.00. The van der Waals surface area contributed by atoms with Gasteiger partial charge < -0.3 is 10.2 Å². The molecule has 1 aromatic carbocycles. The molecule has 25 heavy (non-hydrogen) atoms. The lowest BCUT2D eigenvalue weighted by atomic mass is 9.99. The Kier molecular flexibility index (Phi) is 7.76. The Hall–Kier alpha value is -1.55. The fourth-order valence-electron chi connectivity index (χ4n) is 3.33. The van der Waals surface area contributed by atoms with Gasteiger partial charge in [-0.05, 0) is 55.8 Å². The van der Waals surface area contributed by atoms with E-state index in [0.717, 1.165) is 31.1 Å². The van der Waals surface area contributed by atoms with Crippen molar-refractivity contribution in [3.8, 4) is 0 Å². The summed E-state index contributed by atoms with van der Waals surface area (Å²) in [7, 11) is 0. The molecule has 140 valence electrons. The van der Waals surface area contributed by atoms with Crippen molar-refractivity contribution in [3.63, 3.8) is 0 Å². The number of hydrogen-bond acceptors (Lipinski definition) is 2. The normalized spacial score (nSPS) is 16.2. The second-order valence-corrected chi connectivity index (χ2v) is 7.87. The fraction of sp³-hybridized carbons (Fsp3) is 0.667. The molecule has 0 spiro atoms. The predicted molar refractivity (Wildman–Crippen MR) is 104 cm³/mol. The van der Waals surface area contributed by atoms with Crippen molar-refractivity contribution in [3.05, 3.63) is 35.4 Å². The SMILES string of the molecule is CCN(CC(C)C)C(=O)NCc1ccc(CN2CCC(C)CC2)cc1. The summed E-state index contributed by atoms with van der Waals surface area (Å²) in [6.07, 6.45) is 2.63. The molecule has 2 amide bonds. The summed E-state index contributed by atoms with van der Waals surface area (Å²) < 4.78 is 0. The standard InChI is InChI=1S/C21H35N3O/c1-5-24(15-17(2)3)21(25)22-14-19-6-8-20(9-7-19)16-23-12-10-18(4)11-13-23/h6-9,17-18H,5,10-16H2,1-4H3,(H,22,25). The number of benzene rings is 1. The van der Waals surface area contributed by atoms with Gasteiger partial charge in [0.2, 0.25) is 0 Å². The van der Waals surface area contributed by atoms with Crippen molar-refractivity contribution in [2.45, 2.75) is 53.6 Å². The van der Waals surface area contributed by atoms with Gasteiger partial charge in [0.05, 0.1) is 0 Å². The van der Waals surface area contributed by atoms with Crippen LogP contribution < -0.4 is 5.32 Å². The molecule has 0 saturated carbocycles. The van der Waals surface area contributed by atoms with E-state index in [0.29, 0.717) is 12.5 Å². The quantitative estimate of drug-likeness (QED) is 0.807. The third-order valence-electron chi connectivity index (χ3n) is 5.00. The van der Waals surface area contributed by atoms with Gasteiger partial charge in [-0.25, -0.2) is 4.79 Å². The molecular weight excluding hydrogens is 310 g/mol. The monoisotopic (exact) mass is 345 g/mol. The second kappa shape index (κ2) is 9.81. The Morgan fingerprint density at radius 1 is 1.20 bits per heavy atom. The number of hydrogen-bond donors (Lipinski definition) is 1. The Morgan fingerprint density at radius 2 is 1.80 bits per heavy atom. The van der Waals surface area contributed by atoms with E-state index in [1.165, 1.54) is 31.5 Å². The Bertz CT molecular complexity index is 518. The molecule has 0 atom stereocenters. The van der Waals surface area contributed by atoms with Crippen molar-refractivity contribution in [1.82, 2.24) is 15.1 Å². The van der Waals surface area contributed by atoms with Crippen LogP contribution in [0.3, 0.4) is 0 Å². The molecule has 1 saturated heterocycles. The smallest absolute Gasteiger partial charge is 0.317 e. The van der Waals surface area contributed by atoms with E-state index in [2.05, 4.69) is 55.3 Å². The average Bonchev–Trinajstić information content (AvgIpc) is 2.60. The molecule has 1 aromatic rings. The molecule has 4 nitrogen and oxygen atoms in total. The van der Waals surface area contributed by atoms with E-state index in [1.54, 1.807) is 0 Å². The Morgan fingerprint density at radius 3 is 2.36 bits per heavy atom. The van der Waals surface area contributed by atoms with Crippen LogP contribution in [0.2, 0.25) is 0 Å². The maximum Gasteiger partial charge on any atom is 0.317 e. The van der Waals surface area contributed by atoms with E-state index in [1.807, 2.05) is 11.8 Å². The predicted octanol–water partition coefficient (Wildman–Crippen LogP) is 4.11. The number of carbonyl (C=O) groups excluding carboxylic acids is 1. The number of carbonyl (C=O) groups is 1. The molecule has 1 fully saturated rings. The van der Waals surface area contributed by atoms with Gasteiger partial charge in [0, 0.05) is 26.2 Å². The highest BCUT2D eigenvalue weighted by Gasteiger charge is 2.16. The number of likely N-dealkylation sites (tertiary alicyclic amines) is 1. The maximum atomic E-state index is 12.2. The van der Waals surface area contributed by atoms with Gasteiger partial charge in [0.1, 0.15) is 0 Å². The minimum Gasteiger partial charge on any atom is -0.334 e. The van der Waals surface area contributed by atoms with Gasteiger partial charge in [-0.1, -0.05) is 45.0 Å². The number of nitrogens with zero attached hydrogens (tertiary/aromatic N) is 2. The molecule has 1 aliphatic rings. The third kappa shape index (κ3) is 6.69. The van der Waals surface area contributed by atoms with Crippen LogP contribution in [0.1, 0.15) is 51.7 Å². The van der Waals surface area contributed by atoms with Gasteiger partial charge in [0.15, 0.2) is 0 Å². The number of piperidine rings is 1. The highest BCUT2D eigenvalue weighted by Crippen LogP contribution is 2.18. The molecule has 1 N–H and O–H groups in total. The van der Waals surface area contributed by atoms with Crippen LogP contribution in [0.4, 0.5) is 4.79 Å². The minimum atomic E-state index is 0.0303. The minimum absolute atomic E-state index is 0.0303. The zero-order valence-electron chi connectivity index (χ0n) is 16.4. The molecule has 0 aromatic heterocycles. The molecule has 1 aliphatic heterocycles. The molecular formula is C21H35N3O. The summed E-state index contributed by atoms with van der Waals surface area (Å²) in [5, 5.41) is 3.04. The zero-order valence-corrected chi connectivity index (χ0v) is 16.4. The van der Waals surface area contributed by atoms with Crippen molar-refractivity contribution in [1.29, 1.82) is 0 Å². The van der Waals surface area contributed by atoms with Crippen molar-refractivity contribution in [2.24, 2.45) is 11.8 Å². The van der Waals surface area contributed by atoms with Crippen molar-refractivity contribution in [2.75, 3.05) is 26.2 Å². The first-order valence-corrected chi connectivity index (χ1v) is 9.80. The molecule has 2 rings (SSSR count).